The number of aliphatic hydroxyl groups excluding tert-OH is 2. The van der Waals surface area contributed by atoms with E-state index in [4.69, 9.17) is 5.11 Å². The van der Waals surface area contributed by atoms with Crippen LogP contribution in [0.3, 0.4) is 0 Å². The Labute approximate surface area is 157 Å². The van der Waals surface area contributed by atoms with Crippen LogP contribution in [0.25, 0.3) is 10.9 Å². The van der Waals surface area contributed by atoms with Gasteiger partial charge in [0.2, 0.25) is 0 Å². The van der Waals surface area contributed by atoms with Crippen LogP contribution in [-0.2, 0) is 11.8 Å². The number of aryl methyl sites for hydroxylation is 1. The molecule has 0 aliphatic carbocycles. The van der Waals surface area contributed by atoms with Crippen molar-refractivity contribution in [2.75, 3.05) is 18.0 Å². The van der Waals surface area contributed by atoms with E-state index in [-0.39, 0.29) is 11.8 Å². The number of carbonyl (C=O) groups is 1. The maximum Gasteiger partial charge on any atom is 0.306 e. The number of fused-ring (bicyclic) bond motifs is 1. The second kappa shape index (κ2) is 7.10. The van der Waals surface area contributed by atoms with Gasteiger partial charge < -0.3 is 20.2 Å². The lowest BCUT2D eigenvalue weighted by Gasteiger charge is -2.32. The molecular weight excluding hydrogens is 348 g/mol. The quantitative estimate of drug-likeness (QED) is 0.634. The maximum atomic E-state index is 11.1. The van der Waals surface area contributed by atoms with Crippen molar-refractivity contribution in [2.45, 2.75) is 44.1 Å². The summed E-state index contributed by atoms with van der Waals surface area (Å²) < 4.78 is 1.83. The molecule has 146 valence electrons. The van der Waals surface area contributed by atoms with Gasteiger partial charge in [0.15, 0.2) is 0 Å². The van der Waals surface area contributed by atoms with E-state index in [0.717, 1.165) is 35.4 Å². The summed E-state index contributed by atoms with van der Waals surface area (Å²) in [6.45, 7) is 1.46. The summed E-state index contributed by atoms with van der Waals surface area (Å²) in [6, 6.07) is 6.17. The van der Waals surface area contributed by atoms with Crippen LogP contribution in [-0.4, -0.2) is 56.6 Å². The molecule has 0 radical (unpaired) electrons. The van der Waals surface area contributed by atoms with Crippen LogP contribution in [0.2, 0.25) is 0 Å². The van der Waals surface area contributed by atoms with E-state index in [1.54, 1.807) is 0 Å². The Morgan fingerprint density at radius 2 is 1.93 bits per heavy atom. The molecule has 0 amide bonds. The number of anilines is 1. The summed E-state index contributed by atoms with van der Waals surface area (Å²) in [5, 5.41) is 37.6. The van der Waals surface area contributed by atoms with Crippen molar-refractivity contribution in [3.8, 4) is 0 Å². The Kier molecular flexibility index (Phi) is 4.79. The predicted molar refractivity (Wildman–Crippen MR) is 100 cm³/mol. The first-order chi connectivity index (χ1) is 12.9. The van der Waals surface area contributed by atoms with Gasteiger partial charge in [0, 0.05) is 37.1 Å². The minimum absolute atomic E-state index is 0.158. The van der Waals surface area contributed by atoms with Gasteiger partial charge in [-0.05, 0) is 43.9 Å². The highest BCUT2D eigenvalue weighted by Crippen LogP contribution is 2.34. The molecule has 1 aromatic carbocycles. The summed E-state index contributed by atoms with van der Waals surface area (Å²) in [4.78, 5) is 13.4. The van der Waals surface area contributed by atoms with E-state index in [0.29, 0.717) is 25.7 Å². The van der Waals surface area contributed by atoms with Crippen LogP contribution in [0.1, 0.15) is 37.3 Å². The summed E-state index contributed by atoms with van der Waals surface area (Å²) >= 11 is 0. The van der Waals surface area contributed by atoms with Gasteiger partial charge in [0.25, 0.3) is 0 Å². The number of hydrogen-bond donors (Lipinski definition) is 4. The van der Waals surface area contributed by atoms with Crippen molar-refractivity contribution in [3.05, 3.63) is 23.9 Å². The van der Waals surface area contributed by atoms with E-state index in [1.165, 1.54) is 0 Å². The third-order valence-electron chi connectivity index (χ3n) is 5.92. The number of carboxylic acids is 1. The van der Waals surface area contributed by atoms with Crippen molar-refractivity contribution in [1.82, 2.24) is 15.1 Å². The third kappa shape index (κ3) is 3.40. The molecule has 0 saturated carbocycles. The lowest BCUT2D eigenvalue weighted by Crippen LogP contribution is -2.46. The zero-order valence-corrected chi connectivity index (χ0v) is 15.4. The topological polar surface area (TPSA) is 111 Å². The van der Waals surface area contributed by atoms with Gasteiger partial charge in [-0.15, -0.1) is 0 Å². The van der Waals surface area contributed by atoms with Crippen molar-refractivity contribution in [3.63, 3.8) is 0 Å². The number of benzene rings is 1. The molecule has 3 unspecified atom stereocenters. The highest BCUT2D eigenvalue weighted by Gasteiger charge is 2.32. The highest BCUT2D eigenvalue weighted by atomic mass is 16.4. The number of hydrogen-bond acceptors (Lipinski definition) is 6. The lowest BCUT2D eigenvalue weighted by molar-refractivity contribution is -0.142. The first-order valence-corrected chi connectivity index (χ1v) is 9.50. The standard InChI is InChI=1S/C19H26N4O4/c1-22-15-10-12(23-8-6-11(7-9-23)19(26)27)2-3-13(15)17(21-22)14-4-5-16(24)20-18(14)25/h2-3,10-11,14,16,18,20,24-25H,4-9H2,1H3,(H,26,27). The fourth-order valence-electron chi connectivity index (χ4n) is 4.31. The summed E-state index contributed by atoms with van der Waals surface area (Å²) in [5.41, 5.74) is 2.90. The molecule has 27 heavy (non-hydrogen) atoms. The molecular formula is C19H26N4O4. The molecule has 3 atom stereocenters. The lowest BCUT2D eigenvalue weighted by atomic mass is 9.91. The number of carboxylic acid groups (broad SMARTS) is 1. The minimum atomic E-state index is -0.818. The molecule has 3 heterocycles. The van der Waals surface area contributed by atoms with Crippen LogP contribution in [0, 0.1) is 5.92 Å². The van der Waals surface area contributed by atoms with Gasteiger partial charge in [-0.25, -0.2) is 0 Å². The molecule has 2 saturated heterocycles. The number of nitrogens with one attached hydrogen (secondary N) is 1. The number of aliphatic hydroxyl groups is 2. The van der Waals surface area contributed by atoms with Crippen LogP contribution >= 0.6 is 0 Å². The number of piperidine rings is 2. The predicted octanol–water partition coefficient (Wildman–Crippen LogP) is 0.978. The molecule has 8 heteroatoms. The van der Waals surface area contributed by atoms with E-state index >= 15 is 0 Å². The molecule has 1 aromatic heterocycles. The van der Waals surface area contributed by atoms with Gasteiger partial charge in [-0.1, -0.05) is 0 Å². The Morgan fingerprint density at radius 3 is 2.59 bits per heavy atom. The number of aromatic nitrogens is 2. The van der Waals surface area contributed by atoms with Gasteiger partial charge in [-0.3, -0.25) is 14.8 Å². The molecule has 0 bridgehead atoms. The number of rotatable bonds is 3. The van der Waals surface area contributed by atoms with Crippen molar-refractivity contribution >= 4 is 22.6 Å². The average Bonchev–Trinajstić information content (AvgIpc) is 2.98. The van der Waals surface area contributed by atoms with Crippen LogP contribution in [0.5, 0.6) is 0 Å². The molecule has 4 N–H and O–H groups in total. The molecule has 4 rings (SSSR count). The summed E-state index contributed by atoms with van der Waals surface area (Å²) in [6.07, 6.45) is 1.08. The van der Waals surface area contributed by atoms with Gasteiger partial charge in [-0.2, -0.15) is 5.10 Å². The Morgan fingerprint density at radius 1 is 1.19 bits per heavy atom. The second-order valence-electron chi connectivity index (χ2n) is 7.62. The van der Waals surface area contributed by atoms with Gasteiger partial charge in [0.05, 0.1) is 17.1 Å². The molecule has 2 aromatic rings. The van der Waals surface area contributed by atoms with Crippen LogP contribution in [0.4, 0.5) is 5.69 Å². The van der Waals surface area contributed by atoms with Crippen molar-refractivity contribution in [1.29, 1.82) is 0 Å². The number of aliphatic carboxylic acids is 1. The first-order valence-electron chi connectivity index (χ1n) is 9.50. The van der Waals surface area contributed by atoms with E-state index in [9.17, 15) is 15.0 Å². The van der Waals surface area contributed by atoms with E-state index in [1.807, 2.05) is 23.9 Å². The van der Waals surface area contributed by atoms with Gasteiger partial charge >= 0.3 is 5.97 Å². The maximum absolute atomic E-state index is 11.1. The van der Waals surface area contributed by atoms with E-state index < -0.39 is 18.4 Å². The Bertz CT molecular complexity index is 844. The van der Waals surface area contributed by atoms with Crippen LogP contribution in [0.15, 0.2) is 18.2 Å². The Balaban J connectivity index is 1.59. The largest absolute Gasteiger partial charge is 0.481 e. The SMILES string of the molecule is Cn1nc(C2CCC(O)NC2O)c2ccc(N3CCC(C(=O)O)CC3)cc21. The number of nitrogens with zero attached hydrogens (tertiary/aromatic N) is 3. The third-order valence-corrected chi connectivity index (χ3v) is 5.92. The summed E-state index contributed by atoms with van der Waals surface area (Å²) in [7, 11) is 1.89. The van der Waals surface area contributed by atoms with Crippen LogP contribution < -0.4 is 10.2 Å². The van der Waals surface area contributed by atoms with Crippen molar-refractivity contribution < 1.29 is 20.1 Å². The smallest absolute Gasteiger partial charge is 0.306 e. The summed E-state index contributed by atoms with van der Waals surface area (Å²) in [5.74, 6) is -1.11. The Hall–Kier alpha value is -2.16. The molecule has 2 aliphatic rings. The zero-order valence-electron chi connectivity index (χ0n) is 15.4. The van der Waals surface area contributed by atoms with E-state index in [2.05, 4.69) is 21.4 Å². The fourth-order valence-corrected chi connectivity index (χ4v) is 4.31. The molecule has 0 spiro atoms. The van der Waals surface area contributed by atoms with Crippen molar-refractivity contribution in [2.24, 2.45) is 13.0 Å². The highest BCUT2D eigenvalue weighted by molar-refractivity contribution is 5.86. The second-order valence-corrected chi connectivity index (χ2v) is 7.62. The molecule has 2 fully saturated rings. The van der Waals surface area contributed by atoms with Gasteiger partial charge in [0.1, 0.15) is 12.5 Å². The molecule has 2 aliphatic heterocycles. The normalized spacial score (nSPS) is 27.2. The first kappa shape index (κ1) is 18.2. The zero-order chi connectivity index (χ0) is 19.1. The monoisotopic (exact) mass is 374 g/mol. The molecule has 8 nitrogen and oxygen atoms in total. The minimum Gasteiger partial charge on any atom is -0.481 e. The fraction of sp³-hybridized carbons (Fsp3) is 0.579. The average molecular weight is 374 g/mol.